The molecule has 1 aromatic carbocycles. The first-order chi connectivity index (χ1) is 12.9. The third kappa shape index (κ3) is 1.97. The topological polar surface area (TPSA) is 107 Å². The first-order valence-corrected chi connectivity index (χ1v) is 8.79. The number of fused-ring (bicyclic) bond motifs is 5. The molecule has 136 valence electrons. The number of carbonyl (C=O) groups excluding carboxylic acids is 1. The fourth-order valence-electron chi connectivity index (χ4n) is 4.03. The van der Waals surface area contributed by atoms with E-state index in [4.69, 9.17) is 15.5 Å². The number of para-hydroxylation sites is 1. The molecule has 3 aromatic rings. The van der Waals surface area contributed by atoms with Crippen LogP contribution < -0.4 is 11.3 Å². The number of cyclic esters (lactones) is 1. The molecule has 0 bridgehead atoms. The highest BCUT2D eigenvalue weighted by molar-refractivity contribution is 5.92. The fourth-order valence-corrected chi connectivity index (χ4v) is 4.03. The van der Waals surface area contributed by atoms with Gasteiger partial charge in [0, 0.05) is 16.5 Å². The van der Waals surface area contributed by atoms with Gasteiger partial charge in [-0.3, -0.25) is 4.79 Å². The van der Waals surface area contributed by atoms with E-state index in [0.29, 0.717) is 40.3 Å². The number of pyridine rings is 2. The number of nitrogens with zero attached hydrogens (tertiary/aromatic N) is 2. The Balaban J connectivity index is 1.82. The highest BCUT2D eigenvalue weighted by Crippen LogP contribution is 2.38. The van der Waals surface area contributed by atoms with Gasteiger partial charge in [-0.1, -0.05) is 19.1 Å². The van der Waals surface area contributed by atoms with Crippen molar-refractivity contribution in [2.45, 2.75) is 32.1 Å². The predicted octanol–water partition coefficient (Wildman–Crippen LogP) is 1.66. The van der Waals surface area contributed by atoms with Gasteiger partial charge in [-0.15, -0.1) is 0 Å². The Hall–Kier alpha value is -3.19. The van der Waals surface area contributed by atoms with E-state index in [9.17, 15) is 14.7 Å². The summed E-state index contributed by atoms with van der Waals surface area (Å²) in [7, 11) is 0. The molecule has 0 aliphatic carbocycles. The van der Waals surface area contributed by atoms with Crippen molar-refractivity contribution in [3.8, 4) is 11.4 Å². The lowest BCUT2D eigenvalue weighted by Gasteiger charge is -2.31. The van der Waals surface area contributed by atoms with Crippen molar-refractivity contribution in [1.29, 1.82) is 0 Å². The summed E-state index contributed by atoms with van der Waals surface area (Å²) in [4.78, 5) is 29.9. The monoisotopic (exact) mass is 363 g/mol. The van der Waals surface area contributed by atoms with E-state index in [-0.39, 0.29) is 18.6 Å². The van der Waals surface area contributed by atoms with E-state index >= 15 is 0 Å². The van der Waals surface area contributed by atoms with E-state index in [1.54, 1.807) is 23.6 Å². The maximum absolute atomic E-state index is 13.1. The summed E-state index contributed by atoms with van der Waals surface area (Å²) in [6.07, 6.45) is 0.118. The third-order valence-electron chi connectivity index (χ3n) is 5.57. The molecule has 0 saturated heterocycles. The largest absolute Gasteiger partial charge is 0.458 e. The molecule has 0 amide bonds. The van der Waals surface area contributed by atoms with Gasteiger partial charge >= 0.3 is 5.97 Å². The van der Waals surface area contributed by atoms with Crippen LogP contribution in [0.5, 0.6) is 0 Å². The number of anilines is 1. The van der Waals surface area contributed by atoms with Gasteiger partial charge in [0.05, 0.1) is 34.7 Å². The molecular weight excluding hydrogens is 346 g/mol. The maximum Gasteiger partial charge on any atom is 0.343 e. The number of nitrogens with two attached hydrogens (primary N) is 1. The van der Waals surface area contributed by atoms with Gasteiger partial charge in [0.15, 0.2) is 5.60 Å². The number of rotatable bonds is 1. The second kappa shape index (κ2) is 5.17. The Morgan fingerprint density at radius 1 is 1.33 bits per heavy atom. The summed E-state index contributed by atoms with van der Waals surface area (Å²) in [5.41, 5.74) is 7.97. The molecule has 7 nitrogen and oxygen atoms in total. The molecule has 27 heavy (non-hydrogen) atoms. The van der Waals surface area contributed by atoms with Gasteiger partial charge in [0.1, 0.15) is 6.61 Å². The zero-order chi connectivity index (χ0) is 18.9. The molecule has 5 rings (SSSR count). The van der Waals surface area contributed by atoms with Crippen molar-refractivity contribution >= 4 is 22.6 Å². The molecule has 7 heteroatoms. The molecular formula is C20H17N3O4. The molecule has 0 spiro atoms. The fraction of sp³-hybridized carbons (Fsp3) is 0.250. The van der Waals surface area contributed by atoms with Crippen molar-refractivity contribution in [2.75, 3.05) is 5.73 Å². The first kappa shape index (κ1) is 16.0. The third-order valence-corrected chi connectivity index (χ3v) is 5.57. The van der Waals surface area contributed by atoms with Gasteiger partial charge in [-0.25, -0.2) is 9.78 Å². The Labute approximate surface area is 154 Å². The summed E-state index contributed by atoms with van der Waals surface area (Å²) < 4.78 is 6.68. The lowest BCUT2D eigenvalue weighted by molar-refractivity contribution is -0.172. The molecule has 2 aliphatic rings. The second-order valence-electron chi connectivity index (χ2n) is 7.02. The smallest absolute Gasteiger partial charge is 0.343 e. The second-order valence-corrected chi connectivity index (χ2v) is 7.02. The number of hydrogen-bond donors (Lipinski definition) is 2. The highest BCUT2D eigenvalue weighted by atomic mass is 16.6. The van der Waals surface area contributed by atoms with Crippen LogP contribution in [-0.4, -0.2) is 20.6 Å². The van der Waals surface area contributed by atoms with Crippen LogP contribution >= 0.6 is 0 Å². The number of benzene rings is 1. The maximum atomic E-state index is 13.1. The van der Waals surface area contributed by atoms with Crippen LogP contribution in [0.25, 0.3) is 22.3 Å². The lowest BCUT2D eigenvalue weighted by atomic mass is 9.86. The van der Waals surface area contributed by atoms with E-state index in [2.05, 4.69) is 0 Å². The minimum Gasteiger partial charge on any atom is -0.458 e. The minimum absolute atomic E-state index is 0.118. The molecule has 4 heterocycles. The lowest BCUT2D eigenvalue weighted by Crippen LogP contribution is -2.44. The van der Waals surface area contributed by atoms with E-state index in [0.717, 1.165) is 10.9 Å². The van der Waals surface area contributed by atoms with Crippen molar-refractivity contribution in [2.24, 2.45) is 0 Å². The van der Waals surface area contributed by atoms with Crippen molar-refractivity contribution < 1.29 is 14.6 Å². The summed E-state index contributed by atoms with van der Waals surface area (Å²) in [5, 5.41) is 11.8. The van der Waals surface area contributed by atoms with Crippen molar-refractivity contribution in [3.05, 3.63) is 57.4 Å². The highest BCUT2D eigenvalue weighted by Gasteiger charge is 2.45. The van der Waals surface area contributed by atoms with E-state index in [1.807, 2.05) is 18.2 Å². The minimum atomic E-state index is -1.82. The van der Waals surface area contributed by atoms with E-state index < -0.39 is 11.6 Å². The number of nitrogen functional groups attached to an aromatic ring is 1. The van der Waals surface area contributed by atoms with Gasteiger partial charge in [-0.2, -0.15) is 0 Å². The molecule has 1 atom stereocenters. The van der Waals surface area contributed by atoms with Gasteiger partial charge in [-0.05, 0) is 24.6 Å². The van der Waals surface area contributed by atoms with Crippen LogP contribution in [-0.2, 0) is 28.3 Å². The summed E-state index contributed by atoms with van der Waals surface area (Å²) in [6, 6.07) is 9.25. The van der Waals surface area contributed by atoms with Crippen LogP contribution in [0.2, 0.25) is 0 Å². The Morgan fingerprint density at radius 2 is 2.15 bits per heavy atom. The van der Waals surface area contributed by atoms with Crippen LogP contribution in [0.1, 0.15) is 30.0 Å². The number of aromatic nitrogens is 2. The van der Waals surface area contributed by atoms with Crippen molar-refractivity contribution in [1.82, 2.24) is 9.55 Å². The van der Waals surface area contributed by atoms with Crippen LogP contribution in [0, 0.1) is 0 Å². The van der Waals surface area contributed by atoms with E-state index in [1.165, 1.54) is 0 Å². The number of hydrogen-bond acceptors (Lipinski definition) is 6. The van der Waals surface area contributed by atoms with Crippen molar-refractivity contribution in [3.63, 3.8) is 0 Å². The Morgan fingerprint density at radius 3 is 2.93 bits per heavy atom. The average molecular weight is 363 g/mol. The van der Waals surface area contributed by atoms with Crippen LogP contribution in [0.4, 0.5) is 5.69 Å². The Kier molecular flexibility index (Phi) is 3.07. The molecule has 0 fully saturated rings. The SMILES string of the molecule is CC[C@@]1(O)C(=O)OCc2c1cc1n(c2=O)Cc2cc3cccc(N)c3nc2-1. The number of carbonyl (C=O) groups is 1. The first-order valence-electron chi connectivity index (χ1n) is 8.79. The average Bonchev–Trinajstić information content (AvgIpc) is 3.02. The molecule has 2 aliphatic heterocycles. The summed E-state index contributed by atoms with van der Waals surface area (Å²) in [6.45, 7) is 1.93. The van der Waals surface area contributed by atoms with Crippen LogP contribution in [0.3, 0.4) is 0 Å². The molecule has 0 unspecified atom stereocenters. The molecule has 2 aromatic heterocycles. The molecule has 3 N–H and O–H groups in total. The zero-order valence-electron chi connectivity index (χ0n) is 14.7. The Bertz CT molecular complexity index is 1210. The van der Waals surface area contributed by atoms with Gasteiger partial charge in [0.25, 0.3) is 5.56 Å². The van der Waals surface area contributed by atoms with Crippen LogP contribution in [0.15, 0.2) is 35.1 Å². The number of ether oxygens (including phenoxy) is 1. The molecule has 0 saturated carbocycles. The summed E-state index contributed by atoms with van der Waals surface area (Å²) in [5.74, 6) is -0.726. The standard InChI is InChI=1S/C20H17N3O4/c1-2-20(26)13-7-15-17-11(6-10-4-3-5-14(21)16(10)22-17)8-23(15)18(24)12(13)9-27-19(20)25/h3-7,26H,2,8-9,21H2,1H3/t20-/m0/s1. The number of esters is 1. The quantitative estimate of drug-likeness (QED) is 0.393. The predicted molar refractivity (Wildman–Crippen MR) is 98.9 cm³/mol. The normalized spacial score (nSPS) is 20.1. The van der Waals surface area contributed by atoms with Gasteiger partial charge in [0.2, 0.25) is 0 Å². The summed E-state index contributed by atoms with van der Waals surface area (Å²) >= 11 is 0. The zero-order valence-corrected chi connectivity index (χ0v) is 14.7. The van der Waals surface area contributed by atoms with Gasteiger partial charge < -0.3 is 20.1 Å². The number of aliphatic hydroxyl groups is 1. The molecule has 0 radical (unpaired) electrons.